The molecule has 0 radical (unpaired) electrons. The van der Waals surface area contributed by atoms with Crippen molar-refractivity contribution in [3.8, 4) is 0 Å². The van der Waals surface area contributed by atoms with Gasteiger partial charge in [-0.2, -0.15) is 0 Å². The summed E-state index contributed by atoms with van der Waals surface area (Å²) >= 11 is 0. The van der Waals surface area contributed by atoms with E-state index in [4.69, 9.17) is 4.74 Å². The fourth-order valence-electron chi connectivity index (χ4n) is 9.57. The third-order valence-corrected chi connectivity index (χ3v) is 14.8. The number of amides is 2. The van der Waals surface area contributed by atoms with Gasteiger partial charge < -0.3 is 20.3 Å². The quantitative estimate of drug-likeness (QED) is 0.301. The van der Waals surface area contributed by atoms with E-state index in [0.29, 0.717) is 37.6 Å². The van der Waals surface area contributed by atoms with E-state index in [9.17, 15) is 22.4 Å². The number of sulfone groups is 1. The number of nitrogens with one attached hydrogen (secondary N) is 2. The van der Waals surface area contributed by atoms with E-state index in [1.807, 2.05) is 23.1 Å². The first-order valence-corrected chi connectivity index (χ1v) is 20.6. The molecule has 52 heavy (non-hydrogen) atoms. The van der Waals surface area contributed by atoms with Crippen LogP contribution in [-0.2, 0) is 31.3 Å². The minimum atomic E-state index is -3.35. The van der Waals surface area contributed by atoms with Crippen molar-refractivity contribution < 1.29 is 31.5 Å². The van der Waals surface area contributed by atoms with Gasteiger partial charge in [-0.25, -0.2) is 22.0 Å². The number of ether oxygens (including phenoxy) is 1. The predicted molar refractivity (Wildman–Crippen MR) is 195 cm³/mol. The van der Waals surface area contributed by atoms with E-state index in [-0.39, 0.29) is 47.9 Å². The van der Waals surface area contributed by atoms with Gasteiger partial charge in [-0.1, -0.05) is 18.6 Å². The summed E-state index contributed by atoms with van der Waals surface area (Å²) in [5, 5.41) is 5.84. The van der Waals surface area contributed by atoms with Gasteiger partial charge in [0, 0.05) is 43.7 Å². The summed E-state index contributed by atoms with van der Waals surface area (Å²) in [6, 6.07) is 12.0. The van der Waals surface area contributed by atoms with Gasteiger partial charge in [-0.3, -0.25) is 14.6 Å². The lowest BCUT2D eigenvalue weighted by Gasteiger charge is -2.52. The molecule has 5 fully saturated rings. The molecule has 3 saturated heterocycles. The molecule has 3 atom stereocenters. The van der Waals surface area contributed by atoms with Crippen molar-refractivity contribution in [3.05, 3.63) is 59.4 Å². The molecule has 0 aromatic heterocycles. The maximum absolute atomic E-state index is 16.4. The molecule has 2 N–H and O–H groups in total. The Hall–Kier alpha value is -3.29. The van der Waals surface area contributed by atoms with E-state index >= 15 is 4.39 Å². The van der Waals surface area contributed by atoms with Gasteiger partial charge in [0.1, 0.15) is 5.82 Å². The average Bonchev–Trinajstić information content (AvgIpc) is 3.86. The summed E-state index contributed by atoms with van der Waals surface area (Å²) in [4.78, 5) is 31.7. The molecular formula is C39H53F2N5O5S. The molecule has 2 aromatic rings. The lowest BCUT2D eigenvalue weighted by Crippen LogP contribution is -2.65. The first kappa shape index (κ1) is 37.0. The monoisotopic (exact) mass is 741 g/mol. The molecule has 3 aliphatic heterocycles. The highest BCUT2D eigenvalue weighted by Gasteiger charge is 2.53. The number of benzene rings is 2. The van der Waals surface area contributed by atoms with Gasteiger partial charge in [-0.15, -0.1) is 0 Å². The Bertz CT molecular complexity index is 1740. The molecule has 0 spiro atoms. The van der Waals surface area contributed by atoms with E-state index in [0.717, 1.165) is 81.3 Å². The number of methoxy groups -OCH3 is 1. The number of likely N-dealkylation sites (tertiary alicyclic amines) is 2. The minimum absolute atomic E-state index is 0.0474. The summed E-state index contributed by atoms with van der Waals surface area (Å²) < 4.78 is 62.7. The molecule has 3 heterocycles. The average molecular weight is 742 g/mol. The first-order chi connectivity index (χ1) is 24.9. The highest BCUT2D eigenvalue weighted by Crippen LogP contribution is 2.50. The van der Waals surface area contributed by atoms with Crippen LogP contribution in [0.3, 0.4) is 0 Å². The molecule has 7 rings (SSSR count). The minimum Gasteiger partial charge on any atom is -0.453 e. The Balaban J connectivity index is 1.05. The maximum Gasteiger partial charge on any atom is 0.407 e. The SMILES string of the molecule is COC(=O)N[C@H]1CCC[C@@H]1[C@](CNC(C)=O)(c1cccc(F)c1)C1CCN(CC2(F)CN(c3ccc(S(=O)(=O)C4CC4)c(CN4CCC4)c3)C2)CC1. The summed E-state index contributed by atoms with van der Waals surface area (Å²) in [7, 11) is -2.00. The standard InChI is InChI=1S/C39H53F2N5O5S/c1-27(47)42-23-39(30-6-3-7-31(40)21-30,34-8-4-9-35(34)43-37(48)51-2)29-14-18-45(19-15-29)24-38(41)25-46(26-38)32-10-13-36(52(49,50)33-11-12-33)28(20-32)22-44-16-5-17-44/h3,6-7,10,13,20-21,29,33-35H,4-5,8-9,11-12,14-19,22-26H2,1-2H3,(H,42,47)(H,43,48)/t34-,35-,39-/m0/s1. The Morgan fingerprint density at radius 1 is 0.962 bits per heavy atom. The Labute approximate surface area is 306 Å². The van der Waals surface area contributed by atoms with Crippen LogP contribution >= 0.6 is 0 Å². The first-order valence-electron chi connectivity index (χ1n) is 19.0. The predicted octanol–water partition coefficient (Wildman–Crippen LogP) is 4.81. The highest BCUT2D eigenvalue weighted by molar-refractivity contribution is 7.92. The normalized spacial score (nSPS) is 25.1. The van der Waals surface area contributed by atoms with E-state index in [1.54, 1.807) is 18.2 Å². The third-order valence-electron chi connectivity index (χ3n) is 12.5. The topological polar surface area (TPSA) is 111 Å². The second-order valence-electron chi connectivity index (χ2n) is 16.0. The van der Waals surface area contributed by atoms with E-state index in [1.165, 1.54) is 20.1 Å². The summed E-state index contributed by atoms with van der Waals surface area (Å²) in [6.07, 6.45) is 5.96. The number of anilines is 1. The fourth-order valence-corrected chi connectivity index (χ4v) is 11.4. The number of alkyl carbamates (subject to hydrolysis) is 1. The van der Waals surface area contributed by atoms with Crippen molar-refractivity contribution in [2.24, 2.45) is 11.8 Å². The maximum atomic E-state index is 16.4. The van der Waals surface area contributed by atoms with Crippen molar-refractivity contribution in [1.82, 2.24) is 20.4 Å². The highest BCUT2D eigenvalue weighted by atomic mass is 32.2. The second-order valence-corrected chi connectivity index (χ2v) is 18.2. The van der Waals surface area contributed by atoms with Gasteiger partial charge in [0.05, 0.1) is 30.3 Å². The number of piperidine rings is 1. The number of nitrogens with zero attached hydrogens (tertiary/aromatic N) is 3. The van der Waals surface area contributed by atoms with Gasteiger partial charge in [0.25, 0.3) is 0 Å². The zero-order valence-electron chi connectivity index (χ0n) is 30.4. The summed E-state index contributed by atoms with van der Waals surface area (Å²) in [5.41, 5.74) is 0.427. The Morgan fingerprint density at radius 3 is 2.35 bits per heavy atom. The summed E-state index contributed by atoms with van der Waals surface area (Å²) in [5.74, 6) is -0.542. The van der Waals surface area contributed by atoms with Crippen LogP contribution in [0.5, 0.6) is 0 Å². The smallest absolute Gasteiger partial charge is 0.407 e. The van der Waals surface area contributed by atoms with Crippen LogP contribution in [0.15, 0.2) is 47.4 Å². The molecule has 5 aliphatic rings. The molecule has 0 bridgehead atoms. The molecule has 2 saturated carbocycles. The van der Waals surface area contributed by atoms with Crippen molar-refractivity contribution in [1.29, 1.82) is 0 Å². The Kier molecular flexibility index (Phi) is 10.6. The molecule has 0 unspecified atom stereocenters. The van der Waals surface area contributed by atoms with Crippen LogP contribution in [0, 0.1) is 17.7 Å². The number of rotatable bonds is 13. The number of halogens is 2. The number of alkyl halides is 1. The van der Waals surface area contributed by atoms with E-state index < -0.39 is 27.0 Å². The van der Waals surface area contributed by atoms with E-state index in [2.05, 4.69) is 20.4 Å². The number of hydrogen-bond donors (Lipinski definition) is 2. The number of carbonyl (C=O) groups excluding carboxylic acids is 2. The molecule has 2 aromatic carbocycles. The molecule has 2 amide bonds. The van der Waals surface area contributed by atoms with Crippen molar-refractivity contribution in [3.63, 3.8) is 0 Å². The fraction of sp³-hybridized carbons (Fsp3) is 0.641. The molecular weight excluding hydrogens is 689 g/mol. The van der Waals surface area contributed by atoms with Crippen LogP contribution in [0.4, 0.5) is 19.3 Å². The molecule has 2 aliphatic carbocycles. The van der Waals surface area contributed by atoms with Gasteiger partial charge >= 0.3 is 6.09 Å². The summed E-state index contributed by atoms with van der Waals surface area (Å²) in [6.45, 7) is 6.39. The lowest BCUT2D eigenvalue weighted by atomic mass is 9.58. The van der Waals surface area contributed by atoms with Crippen LogP contribution < -0.4 is 15.5 Å². The Morgan fingerprint density at radius 2 is 1.71 bits per heavy atom. The lowest BCUT2D eigenvalue weighted by molar-refractivity contribution is -0.119. The van der Waals surface area contributed by atoms with Crippen LogP contribution in [0.1, 0.15) is 69.4 Å². The zero-order valence-corrected chi connectivity index (χ0v) is 31.2. The van der Waals surface area contributed by atoms with Crippen molar-refractivity contribution in [2.75, 3.05) is 64.4 Å². The van der Waals surface area contributed by atoms with Crippen LogP contribution in [-0.4, -0.2) is 107 Å². The van der Waals surface area contributed by atoms with Crippen molar-refractivity contribution in [2.45, 2.75) is 92.1 Å². The van der Waals surface area contributed by atoms with Gasteiger partial charge in [0.15, 0.2) is 15.5 Å². The largest absolute Gasteiger partial charge is 0.453 e. The zero-order chi connectivity index (χ0) is 36.7. The second kappa shape index (κ2) is 14.9. The number of hydrogen-bond acceptors (Lipinski definition) is 8. The van der Waals surface area contributed by atoms with Crippen molar-refractivity contribution >= 4 is 27.5 Å². The molecule has 13 heteroatoms. The number of carbonyl (C=O) groups is 2. The van der Waals surface area contributed by atoms with Gasteiger partial charge in [0.2, 0.25) is 5.91 Å². The van der Waals surface area contributed by atoms with Crippen LogP contribution in [0.25, 0.3) is 0 Å². The molecule has 284 valence electrons. The van der Waals surface area contributed by atoms with Gasteiger partial charge in [-0.05, 0) is 124 Å². The third kappa shape index (κ3) is 7.55. The molecule has 10 nitrogen and oxygen atoms in total. The van der Waals surface area contributed by atoms with Crippen LogP contribution in [0.2, 0.25) is 0 Å².